The molecule has 3 heteroatoms. The van der Waals surface area contributed by atoms with Gasteiger partial charge in [0.1, 0.15) is 12.6 Å². The molecular formula is C20H30O3. The van der Waals surface area contributed by atoms with Crippen LogP contribution in [0.1, 0.15) is 65.7 Å². The summed E-state index contributed by atoms with van der Waals surface area (Å²) in [6.45, 7) is 7.07. The van der Waals surface area contributed by atoms with Crippen LogP contribution in [-0.2, 0) is 9.59 Å². The van der Waals surface area contributed by atoms with Gasteiger partial charge in [-0.1, -0.05) is 33.3 Å². The zero-order valence-corrected chi connectivity index (χ0v) is 14.7. The highest BCUT2D eigenvalue weighted by atomic mass is 16.3. The number of aliphatic hydroxyl groups is 1. The van der Waals surface area contributed by atoms with Gasteiger partial charge in [-0.15, -0.1) is 0 Å². The molecule has 0 heterocycles. The van der Waals surface area contributed by atoms with Gasteiger partial charge in [0.2, 0.25) is 0 Å². The third-order valence-electron chi connectivity index (χ3n) is 7.62. The minimum absolute atomic E-state index is 0.0662. The van der Waals surface area contributed by atoms with Crippen molar-refractivity contribution < 1.29 is 14.7 Å². The van der Waals surface area contributed by atoms with Gasteiger partial charge >= 0.3 is 0 Å². The highest BCUT2D eigenvalue weighted by Gasteiger charge is 2.61. The van der Waals surface area contributed by atoms with Crippen LogP contribution in [0.3, 0.4) is 0 Å². The predicted molar refractivity (Wildman–Crippen MR) is 89.8 cm³/mol. The van der Waals surface area contributed by atoms with Gasteiger partial charge in [-0.25, -0.2) is 0 Å². The average Bonchev–Trinajstić information content (AvgIpc) is 2.64. The molecule has 128 valence electrons. The molecule has 5 atom stereocenters. The van der Waals surface area contributed by atoms with Crippen LogP contribution in [-0.4, -0.2) is 23.8 Å². The van der Waals surface area contributed by atoms with Crippen LogP contribution in [0, 0.1) is 28.1 Å². The van der Waals surface area contributed by atoms with Gasteiger partial charge in [0.05, 0.1) is 11.5 Å². The molecule has 0 amide bonds. The molecule has 2 fully saturated rings. The first-order chi connectivity index (χ1) is 10.8. The summed E-state index contributed by atoms with van der Waals surface area (Å²) in [7, 11) is 0. The van der Waals surface area contributed by atoms with Gasteiger partial charge in [0.25, 0.3) is 0 Å². The second-order valence-corrected chi connectivity index (χ2v) is 9.07. The van der Waals surface area contributed by atoms with E-state index in [2.05, 4.69) is 20.8 Å². The summed E-state index contributed by atoms with van der Waals surface area (Å²) in [6, 6.07) is 0. The van der Waals surface area contributed by atoms with Crippen molar-refractivity contribution in [3.63, 3.8) is 0 Å². The maximum atomic E-state index is 12.2. The van der Waals surface area contributed by atoms with Crippen molar-refractivity contribution in [3.8, 4) is 0 Å². The Hall–Kier alpha value is -0.960. The van der Waals surface area contributed by atoms with E-state index in [4.69, 9.17) is 0 Å². The summed E-state index contributed by atoms with van der Waals surface area (Å²) in [5.74, 6) is 0.721. The molecule has 0 spiro atoms. The van der Waals surface area contributed by atoms with Gasteiger partial charge in [-0.2, -0.15) is 0 Å². The zero-order valence-electron chi connectivity index (χ0n) is 14.7. The molecule has 3 aliphatic carbocycles. The monoisotopic (exact) mass is 318 g/mol. The molecular weight excluding hydrogens is 288 g/mol. The van der Waals surface area contributed by atoms with E-state index < -0.39 is 11.5 Å². The fourth-order valence-electron chi connectivity index (χ4n) is 6.46. The molecule has 3 aliphatic rings. The second kappa shape index (κ2) is 5.54. The lowest BCUT2D eigenvalue weighted by molar-refractivity contribution is -0.170. The number of carbonyl (C=O) groups is 2. The van der Waals surface area contributed by atoms with Crippen LogP contribution in [0.5, 0.6) is 0 Å². The topological polar surface area (TPSA) is 54.4 Å². The molecule has 1 N–H and O–H groups in total. The van der Waals surface area contributed by atoms with Crippen LogP contribution in [0.4, 0.5) is 0 Å². The lowest BCUT2D eigenvalue weighted by Gasteiger charge is -2.62. The van der Waals surface area contributed by atoms with Crippen molar-refractivity contribution in [3.05, 3.63) is 11.6 Å². The fourth-order valence-corrected chi connectivity index (χ4v) is 6.46. The van der Waals surface area contributed by atoms with Crippen molar-refractivity contribution >= 4 is 12.6 Å². The van der Waals surface area contributed by atoms with E-state index >= 15 is 0 Å². The lowest BCUT2D eigenvalue weighted by atomic mass is 9.42. The van der Waals surface area contributed by atoms with Crippen LogP contribution in [0.25, 0.3) is 0 Å². The van der Waals surface area contributed by atoms with E-state index in [0.29, 0.717) is 17.9 Å². The maximum Gasteiger partial charge on any atom is 0.145 e. The standard InChI is InChI=1S/C20H30O3/c1-18(2)8-4-9-19(3)15(18)7-10-20(13-22)16(19)6-5-14(12-21)11-17(20)23/h5,12-13,15-17,23H,4,6-11H2,1-3H3/t15?,16?,17-,19-,20-/m0/s1. The number of rotatable bonds is 2. The SMILES string of the molecule is CC1(C)CCC[C@@]2(C)C1CC[C@]1(C=O)C2CC=C(C=O)C[C@@H]1O. The zero-order chi connectivity index (χ0) is 16.9. The number of hydrogen-bond acceptors (Lipinski definition) is 3. The Balaban J connectivity index is 2.08. The van der Waals surface area contributed by atoms with Crippen molar-refractivity contribution in [2.75, 3.05) is 0 Å². The second-order valence-electron chi connectivity index (χ2n) is 9.07. The number of hydrogen-bond donors (Lipinski definition) is 1. The molecule has 0 aromatic rings. The van der Waals surface area contributed by atoms with E-state index in [9.17, 15) is 14.7 Å². The molecule has 0 saturated heterocycles. The van der Waals surface area contributed by atoms with Crippen LogP contribution < -0.4 is 0 Å². The molecule has 0 aromatic heterocycles. The highest BCUT2D eigenvalue weighted by Crippen LogP contribution is 2.66. The summed E-state index contributed by atoms with van der Waals surface area (Å²) < 4.78 is 0. The number of aldehydes is 2. The summed E-state index contributed by atoms with van der Waals surface area (Å²) in [5.41, 5.74) is 0.330. The maximum absolute atomic E-state index is 12.2. The van der Waals surface area contributed by atoms with Gasteiger partial charge in [-0.05, 0) is 60.3 Å². The Morgan fingerprint density at radius 3 is 2.52 bits per heavy atom. The first kappa shape index (κ1) is 16.9. The summed E-state index contributed by atoms with van der Waals surface area (Å²) in [4.78, 5) is 23.4. The van der Waals surface area contributed by atoms with Gasteiger partial charge in [0.15, 0.2) is 0 Å². The molecule has 2 unspecified atom stereocenters. The van der Waals surface area contributed by atoms with Crippen molar-refractivity contribution in [1.29, 1.82) is 0 Å². The Morgan fingerprint density at radius 2 is 1.87 bits per heavy atom. The third kappa shape index (κ3) is 2.34. The van der Waals surface area contributed by atoms with E-state index in [0.717, 1.165) is 38.3 Å². The van der Waals surface area contributed by atoms with Crippen LogP contribution in [0.2, 0.25) is 0 Å². The quantitative estimate of drug-likeness (QED) is 0.790. The number of aliphatic hydroxyl groups excluding tert-OH is 1. The van der Waals surface area contributed by atoms with E-state index in [1.165, 1.54) is 12.8 Å². The molecule has 3 nitrogen and oxygen atoms in total. The molecule has 0 bridgehead atoms. The largest absolute Gasteiger partial charge is 0.392 e. The number of carbonyl (C=O) groups excluding carboxylic acids is 2. The van der Waals surface area contributed by atoms with Crippen molar-refractivity contribution in [2.24, 2.45) is 28.1 Å². The normalized spacial score (nSPS) is 45.9. The van der Waals surface area contributed by atoms with E-state index in [1.54, 1.807) is 0 Å². The molecule has 3 rings (SSSR count). The predicted octanol–water partition coefficient (Wildman–Crippen LogP) is 3.69. The average molecular weight is 318 g/mol. The first-order valence-corrected chi connectivity index (χ1v) is 9.09. The molecule has 23 heavy (non-hydrogen) atoms. The minimum Gasteiger partial charge on any atom is -0.392 e. The lowest BCUT2D eigenvalue weighted by Crippen LogP contribution is -2.59. The van der Waals surface area contributed by atoms with E-state index in [1.807, 2.05) is 6.08 Å². The summed E-state index contributed by atoms with van der Waals surface area (Å²) in [5, 5.41) is 10.8. The van der Waals surface area contributed by atoms with Crippen LogP contribution >= 0.6 is 0 Å². The molecule has 2 saturated carbocycles. The number of fused-ring (bicyclic) bond motifs is 3. The Labute approximate surface area is 139 Å². The fraction of sp³-hybridized carbons (Fsp3) is 0.800. The highest BCUT2D eigenvalue weighted by molar-refractivity contribution is 5.74. The van der Waals surface area contributed by atoms with E-state index in [-0.39, 0.29) is 16.7 Å². The Kier molecular flexibility index (Phi) is 4.07. The summed E-state index contributed by atoms with van der Waals surface area (Å²) in [6.07, 6.45) is 9.52. The van der Waals surface area contributed by atoms with Crippen LogP contribution in [0.15, 0.2) is 11.6 Å². The Morgan fingerprint density at radius 1 is 1.13 bits per heavy atom. The third-order valence-corrected chi connectivity index (χ3v) is 7.62. The smallest absolute Gasteiger partial charge is 0.145 e. The Bertz CT molecular complexity index is 535. The van der Waals surface area contributed by atoms with Gasteiger partial charge in [0, 0.05) is 6.42 Å². The molecule has 0 radical (unpaired) electrons. The van der Waals surface area contributed by atoms with Gasteiger partial charge in [-0.3, -0.25) is 4.79 Å². The first-order valence-electron chi connectivity index (χ1n) is 9.09. The minimum atomic E-state index is -0.730. The van der Waals surface area contributed by atoms with Crippen molar-refractivity contribution in [2.45, 2.75) is 71.8 Å². The van der Waals surface area contributed by atoms with Crippen molar-refractivity contribution in [1.82, 2.24) is 0 Å². The summed E-state index contributed by atoms with van der Waals surface area (Å²) >= 11 is 0. The van der Waals surface area contributed by atoms with Gasteiger partial charge < -0.3 is 9.90 Å². The molecule has 0 aromatic carbocycles. The molecule has 0 aliphatic heterocycles. The number of allylic oxidation sites excluding steroid dienone is 1.